The second kappa shape index (κ2) is 6.37. The Hall–Kier alpha value is -1.06. The van der Waals surface area contributed by atoms with Gasteiger partial charge in [-0.1, -0.05) is 40.0 Å². The van der Waals surface area contributed by atoms with Gasteiger partial charge in [0.1, 0.15) is 11.6 Å². The maximum absolute atomic E-state index is 13.2. The summed E-state index contributed by atoms with van der Waals surface area (Å²) < 4.78 is 0. The fourth-order valence-electron chi connectivity index (χ4n) is 4.07. The Morgan fingerprint density at radius 3 is 2.33 bits per heavy atom. The van der Waals surface area contributed by atoms with Crippen LogP contribution in [-0.4, -0.2) is 34.3 Å². The van der Waals surface area contributed by atoms with Crippen molar-refractivity contribution in [2.75, 3.05) is 0 Å². The van der Waals surface area contributed by atoms with Gasteiger partial charge in [0.05, 0.1) is 0 Å². The molecule has 1 N–H and O–H groups in total. The van der Waals surface area contributed by atoms with Gasteiger partial charge in [-0.3, -0.25) is 9.59 Å². The van der Waals surface area contributed by atoms with Crippen LogP contribution in [0.5, 0.6) is 0 Å². The molecule has 1 spiro atoms. The first kappa shape index (κ1) is 16.3. The highest BCUT2D eigenvalue weighted by atomic mass is 16.2. The molecule has 4 heteroatoms. The van der Waals surface area contributed by atoms with E-state index in [4.69, 9.17) is 0 Å². The van der Waals surface area contributed by atoms with E-state index in [-0.39, 0.29) is 23.9 Å². The van der Waals surface area contributed by atoms with Crippen molar-refractivity contribution in [3.8, 4) is 0 Å². The molecule has 2 unspecified atom stereocenters. The number of nitrogens with zero attached hydrogens (tertiary/aromatic N) is 1. The van der Waals surface area contributed by atoms with Gasteiger partial charge in [-0.15, -0.1) is 0 Å². The molecule has 0 radical (unpaired) electrons. The monoisotopic (exact) mass is 294 g/mol. The summed E-state index contributed by atoms with van der Waals surface area (Å²) in [6.07, 6.45) is 6.49. The maximum atomic E-state index is 13.2. The molecule has 1 saturated heterocycles. The third-order valence-corrected chi connectivity index (χ3v) is 5.03. The van der Waals surface area contributed by atoms with Crippen LogP contribution in [0.3, 0.4) is 0 Å². The fourth-order valence-corrected chi connectivity index (χ4v) is 4.07. The van der Waals surface area contributed by atoms with Gasteiger partial charge in [0, 0.05) is 6.04 Å². The minimum absolute atomic E-state index is 0.0506. The third-order valence-electron chi connectivity index (χ3n) is 5.03. The molecule has 1 heterocycles. The van der Waals surface area contributed by atoms with Crippen LogP contribution < -0.4 is 5.32 Å². The van der Waals surface area contributed by atoms with Gasteiger partial charge in [-0.2, -0.15) is 0 Å². The summed E-state index contributed by atoms with van der Waals surface area (Å²) in [5.41, 5.74) is -0.605. The normalized spacial score (nSPS) is 27.1. The lowest BCUT2D eigenvalue weighted by molar-refractivity contribution is -0.159. The van der Waals surface area contributed by atoms with Crippen LogP contribution in [0.2, 0.25) is 0 Å². The van der Waals surface area contributed by atoms with Crippen molar-refractivity contribution in [2.24, 2.45) is 5.92 Å². The van der Waals surface area contributed by atoms with Crippen LogP contribution in [0.15, 0.2) is 0 Å². The van der Waals surface area contributed by atoms with E-state index in [0.29, 0.717) is 12.3 Å². The Morgan fingerprint density at radius 2 is 1.81 bits per heavy atom. The van der Waals surface area contributed by atoms with Crippen molar-refractivity contribution in [3.63, 3.8) is 0 Å². The SMILES string of the molecule is CCC1C(=O)NC2(CCCCC2)C(=O)N1C(C)CC(C)C. The number of nitrogens with one attached hydrogen (secondary N) is 1. The zero-order chi connectivity index (χ0) is 15.6. The highest BCUT2D eigenvalue weighted by Crippen LogP contribution is 2.35. The van der Waals surface area contributed by atoms with Gasteiger partial charge in [-0.25, -0.2) is 0 Å². The first-order valence-electron chi connectivity index (χ1n) is 8.56. The number of hydrogen-bond donors (Lipinski definition) is 1. The average molecular weight is 294 g/mol. The van der Waals surface area contributed by atoms with E-state index in [0.717, 1.165) is 32.1 Å². The van der Waals surface area contributed by atoms with Crippen molar-refractivity contribution in [2.45, 2.75) is 90.3 Å². The lowest BCUT2D eigenvalue weighted by Crippen LogP contribution is -2.72. The van der Waals surface area contributed by atoms with Gasteiger partial charge in [0.15, 0.2) is 0 Å². The number of amides is 2. The molecule has 0 aromatic heterocycles. The fraction of sp³-hybridized carbons (Fsp3) is 0.882. The van der Waals surface area contributed by atoms with Crippen molar-refractivity contribution < 1.29 is 9.59 Å². The third kappa shape index (κ3) is 3.09. The molecule has 21 heavy (non-hydrogen) atoms. The van der Waals surface area contributed by atoms with E-state index in [9.17, 15) is 9.59 Å². The first-order chi connectivity index (χ1) is 9.91. The number of hydrogen-bond acceptors (Lipinski definition) is 2. The van der Waals surface area contributed by atoms with Gasteiger partial charge in [0.2, 0.25) is 11.8 Å². The van der Waals surface area contributed by atoms with Crippen LogP contribution in [0, 0.1) is 5.92 Å². The van der Waals surface area contributed by atoms with E-state index in [1.807, 2.05) is 11.8 Å². The molecule has 0 bridgehead atoms. The largest absolute Gasteiger partial charge is 0.340 e. The highest BCUT2D eigenvalue weighted by Gasteiger charge is 2.51. The molecule has 1 aliphatic carbocycles. The second-order valence-electron chi connectivity index (χ2n) is 7.25. The van der Waals surface area contributed by atoms with Crippen molar-refractivity contribution in [1.82, 2.24) is 10.2 Å². The van der Waals surface area contributed by atoms with Crippen LogP contribution in [0.1, 0.15) is 72.6 Å². The summed E-state index contributed by atoms with van der Waals surface area (Å²) in [5.74, 6) is 0.744. The zero-order valence-corrected chi connectivity index (χ0v) is 13.9. The molecular formula is C17H30N2O2. The minimum atomic E-state index is -0.605. The predicted octanol–water partition coefficient (Wildman–Crippen LogP) is 2.86. The Labute approximate surface area is 128 Å². The number of piperazine rings is 1. The van der Waals surface area contributed by atoms with Crippen LogP contribution in [-0.2, 0) is 9.59 Å². The molecule has 2 rings (SSSR count). The summed E-state index contributed by atoms with van der Waals surface area (Å²) in [5, 5.41) is 3.09. The molecule has 2 fully saturated rings. The minimum Gasteiger partial charge on any atom is -0.340 e. The number of carbonyl (C=O) groups is 2. The Balaban J connectivity index is 2.28. The Kier molecular flexibility index (Phi) is 4.95. The summed E-state index contributed by atoms with van der Waals surface area (Å²) in [7, 11) is 0. The standard InChI is InChI=1S/C17H30N2O2/c1-5-14-15(20)18-17(9-7-6-8-10-17)16(21)19(14)13(4)11-12(2)3/h12-14H,5-11H2,1-4H3,(H,18,20). The summed E-state index contributed by atoms with van der Waals surface area (Å²) in [6, 6.07) is -0.161. The van der Waals surface area contributed by atoms with Gasteiger partial charge in [0.25, 0.3) is 0 Å². The maximum Gasteiger partial charge on any atom is 0.249 e. The van der Waals surface area contributed by atoms with E-state index in [1.165, 1.54) is 6.42 Å². The lowest BCUT2D eigenvalue weighted by atomic mass is 9.77. The van der Waals surface area contributed by atoms with Crippen molar-refractivity contribution in [1.29, 1.82) is 0 Å². The number of carbonyl (C=O) groups excluding carboxylic acids is 2. The zero-order valence-electron chi connectivity index (χ0n) is 13.9. The molecule has 2 atom stereocenters. The first-order valence-corrected chi connectivity index (χ1v) is 8.56. The quantitative estimate of drug-likeness (QED) is 0.866. The van der Waals surface area contributed by atoms with Gasteiger partial charge in [-0.05, 0) is 38.5 Å². The van der Waals surface area contributed by atoms with Crippen LogP contribution in [0.25, 0.3) is 0 Å². The van der Waals surface area contributed by atoms with E-state index < -0.39 is 5.54 Å². The smallest absolute Gasteiger partial charge is 0.249 e. The lowest BCUT2D eigenvalue weighted by Gasteiger charge is -2.49. The number of rotatable bonds is 4. The molecular weight excluding hydrogens is 264 g/mol. The van der Waals surface area contributed by atoms with Gasteiger partial charge < -0.3 is 10.2 Å². The molecule has 1 saturated carbocycles. The average Bonchev–Trinajstić information content (AvgIpc) is 2.42. The predicted molar refractivity (Wildman–Crippen MR) is 83.8 cm³/mol. The second-order valence-corrected chi connectivity index (χ2v) is 7.25. The molecule has 2 aliphatic rings. The Morgan fingerprint density at radius 1 is 1.19 bits per heavy atom. The van der Waals surface area contributed by atoms with Crippen molar-refractivity contribution in [3.05, 3.63) is 0 Å². The molecule has 4 nitrogen and oxygen atoms in total. The summed E-state index contributed by atoms with van der Waals surface area (Å²) >= 11 is 0. The Bertz CT molecular complexity index is 400. The van der Waals surface area contributed by atoms with Crippen LogP contribution >= 0.6 is 0 Å². The van der Waals surface area contributed by atoms with E-state index in [1.54, 1.807) is 0 Å². The van der Waals surface area contributed by atoms with E-state index in [2.05, 4.69) is 26.1 Å². The summed E-state index contributed by atoms with van der Waals surface area (Å²) in [6.45, 7) is 8.42. The van der Waals surface area contributed by atoms with Crippen molar-refractivity contribution >= 4 is 11.8 Å². The highest BCUT2D eigenvalue weighted by molar-refractivity contribution is 6.00. The summed E-state index contributed by atoms with van der Waals surface area (Å²) in [4.78, 5) is 27.6. The molecule has 0 aromatic rings. The van der Waals surface area contributed by atoms with E-state index >= 15 is 0 Å². The molecule has 0 aromatic carbocycles. The molecule has 1 aliphatic heterocycles. The van der Waals surface area contributed by atoms with Gasteiger partial charge >= 0.3 is 0 Å². The topological polar surface area (TPSA) is 49.4 Å². The molecule has 120 valence electrons. The van der Waals surface area contributed by atoms with Crippen LogP contribution in [0.4, 0.5) is 0 Å². The molecule has 2 amide bonds.